The van der Waals surface area contributed by atoms with Crippen LogP contribution in [0.5, 0.6) is 5.88 Å². The van der Waals surface area contributed by atoms with E-state index in [1.165, 1.54) is 12.0 Å². The van der Waals surface area contributed by atoms with Gasteiger partial charge in [-0.2, -0.15) is 0 Å². The minimum atomic E-state index is -0.262. The minimum absolute atomic E-state index is 0.0903. The molecule has 1 N–H and O–H groups in total. The third kappa shape index (κ3) is 2.58. The van der Waals surface area contributed by atoms with Crippen LogP contribution in [0.15, 0.2) is 30.3 Å². The van der Waals surface area contributed by atoms with E-state index in [0.717, 1.165) is 10.8 Å². The lowest BCUT2D eigenvalue weighted by molar-refractivity contribution is 0.0676. The fraction of sp³-hybridized carbons (Fsp3) is 0.333. The van der Waals surface area contributed by atoms with Gasteiger partial charge in [-0.25, -0.2) is 4.98 Å². The number of likely N-dealkylation sites (N-methyl/N-ethyl adjacent to an activating group) is 1. The smallest absolute Gasteiger partial charge is 0.272 e. The molecule has 1 aromatic heterocycles. The Kier molecular flexibility index (Phi) is 4.20. The molecule has 5 nitrogen and oxygen atoms in total. The third-order valence-electron chi connectivity index (χ3n) is 3.36. The highest BCUT2D eigenvalue weighted by atomic mass is 16.5. The van der Waals surface area contributed by atoms with Crippen LogP contribution in [0, 0.1) is 0 Å². The number of amides is 1. The standard InChI is InChI=1S/C15H18N2O3/c1-10(9-18)17(2)15(19)13-8-11-6-4-5-7-12(11)14(16-13)20-3/h4-8,10,18H,9H2,1-3H3. The van der Waals surface area contributed by atoms with Gasteiger partial charge in [0.1, 0.15) is 5.69 Å². The molecule has 1 atom stereocenters. The molecule has 0 fully saturated rings. The Morgan fingerprint density at radius 3 is 2.80 bits per heavy atom. The van der Waals surface area contributed by atoms with Crippen LogP contribution in [0.1, 0.15) is 17.4 Å². The molecule has 0 aliphatic carbocycles. The number of hydrogen-bond donors (Lipinski definition) is 1. The van der Waals surface area contributed by atoms with Gasteiger partial charge in [-0.05, 0) is 24.4 Å². The highest BCUT2D eigenvalue weighted by Crippen LogP contribution is 2.24. The van der Waals surface area contributed by atoms with Gasteiger partial charge in [0.15, 0.2) is 0 Å². The molecule has 5 heteroatoms. The van der Waals surface area contributed by atoms with E-state index in [9.17, 15) is 4.79 Å². The monoisotopic (exact) mass is 274 g/mol. The molecule has 1 aromatic carbocycles. The molecule has 1 heterocycles. The van der Waals surface area contributed by atoms with E-state index in [-0.39, 0.29) is 18.6 Å². The van der Waals surface area contributed by atoms with Crippen molar-refractivity contribution in [2.24, 2.45) is 0 Å². The van der Waals surface area contributed by atoms with Crippen LogP contribution in [-0.2, 0) is 0 Å². The van der Waals surface area contributed by atoms with Crippen molar-refractivity contribution in [3.63, 3.8) is 0 Å². The van der Waals surface area contributed by atoms with Crippen LogP contribution < -0.4 is 4.74 Å². The molecule has 0 aliphatic heterocycles. The van der Waals surface area contributed by atoms with Gasteiger partial charge in [0.05, 0.1) is 19.8 Å². The lowest BCUT2D eigenvalue weighted by Crippen LogP contribution is -2.37. The van der Waals surface area contributed by atoms with E-state index in [1.807, 2.05) is 24.3 Å². The number of hydrogen-bond acceptors (Lipinski definition) is 4. The summed E-state index contributed by atoms with van der Waals surface area (Å²) in [7, 11) is 3.18. The average Bonchev–Trinajstić information content (AvgIpc) is 2.51. The molecule has 2 rings (SSSR count). The first-order valence-electron chi connectivity index (χ1n) is 6.40. The normalized spacial score (nSPS) is 12.2. The van der Waals surface area contributed by atoms with Gasteiger partial charge >= 0.3 is 0 Å². The van der Waals surface area contributed by atoms with E-state index in [4.69, 9.17) is 9.84 Å². The predicted molar refractivity (Wildman–Crippen MR) is 76.9 cm³/mol. The Morgan fingerprint density at radius 1 is 1.45 bits per heavy atom. The summed E-state index contributed by atoms with van der Waals surface area (Å²) in [4.78, 5) is 18.1. The minimum Gasteiger partial charge on any atom is -0.481 e. The van der Waals surface area contributed by atoms with Crippen LogP contribution >= 0.6 is 0 Å². The molecule has 106 valence electrons. The first-order chi connectivity index (χ1) is 9.58. The van der Waals surface area contributed by atoms with Crippen LogP contribution in [0.2, 0.25) is 0 Å². The van der Waals surface area contributed by atoms with Crippen molar-refractivity contribution in [3.8, 4) is 5.88 Å². The van der Waals surface area contributed by atoms with E-state index in [2.05, 4.69) is 4.98 Å². The molecule has 0 saturated carbocycles. The largest absolute Gasteiger partial charge is 0.481 e. The van der Waals surface area contributed by atoms with Crippen LogP contribution in [-0.4, -0.2) is 47.7 Å². The molecular formula is C15H18N2O3. The molecule has 0 saturated heterocycles. The first-order valence-corrected chi connectivity index (χ1v) is 6.40. The summed E-state index contributed by atoms with van der Waals surface area (Å²) in [5.74, 6) is 0.187. The number of rotatable bonds is 4. The molecule has 1 amide bonds. The zero-order valence-electron chi connectivity index (χ0n) is 11.8. The summed E-state index contributed by atoms with van der Waals surface area (Å²) >= 11 is 0. The lowest BCUT2D eigenvalue weighted by atomic mass is 10.1. The quantitative estimate of drug-likeness (QED) is 0.921. The molecule has 0 spiro atoms. The van der Waals surface area contributed by atoms with E-state index in [0.29, 0.717) is 11.6 Å². The number of carbonyl (C=O) groups is 1. The van der Waals surface area contributed by atoms with Crippen molar-refractivity contribution in [1.29, 1.82) is 0 Å². The topological polar surface area (TPSA) is 62.7 Å². The van der Waals surface area contributed by atoms with Crippen molar-refractivity contribution in [3.05, 3.63) is 36.0 Å². The second-order valence-electron chi connectivity index (χ2n) is 4.69. The maximum absolute atomic E-state index is 12.4. The summed E-state index contributed by atoms with van der Waals surface area (Å²) in [6, 6.07) is 9.08. The fourth-order valence-electron chi connectivity index (χ4n) is 1.94. The summed E-state index contributed by atoms with van der Waals surface area (Å²) in [6.45, 7) is 1.68. The fourth-order valence-corrected chi connectivity index (χ4v) is 1.94. The summed E-state index contributed by atoms with van der Waals surface area (Å²) in [5.41, 5.74) is 0.309. The number of aliphatic hydroxyl groups excluding tert-OH is 1. The van der Waals surface area contributed by atoms with Gasteiger partial charge in [-0.3, -0.25) is 4.79 Å². The van der Waals surface area contributed by atoms with Gasteiger partial charge < -0.3 is 14.7 Å². The summed E-state index contributed by atoms with van der Waals surface area (Å²) in [6.07, 6.45) is 0. The second kappa shape index (κ2) is 5.88. The van der Waals surface area contributed by atoms with Gasteiger partial charge in [0.2, 0.25) is 5.88 Å². The number of pyridine rings is 1. The Balaban J connectivity index is 2.47. The molecule has 1 unspecified atom stereocenters. The first kappa shape index (κ1) is 14.3. The molecule has 20 heavy (non-hydrogen) atoms. The Bertz CT molecular complexity index is 628. The highest BCUT2D eigenvalue weighted by Gasteiger charge is 2.19. The Hall–Kier alpha value is -2.14. The van der Waals surface area contributed by atoms with Gasteiger partial charge in [0.25, 0.3) is 5.91 Å². The van der Waals surface area contributed by atoms with Crippen LogP contribution in [0.3, 0.4) is 0 Å². The number of benzene rings is 1. The highest BCUT2D eigenvalue weighted by molar-refractivity contribution is 5.98. The maximum atomic E-state index is 12.4. The third-order valence-corrected chi connectivity index (χ3v) is 3.36. The van der Waals surface area contributed by atoms with Crippen molar-refractivity contribution in [2.45, 2.75) is 13.0 Å². The molecule has 2 aromatic rings. The van der Waals surface area contributed by atoms with Crippen LogP contribution in [0.4, 0.5) is 0 Å². The van der Waals surface area contributed by atoms with E-state index < -0.39 is 0 Å². The van der Waals surface area contributed by atoms with Crippen molar-refractivity contribution in [2.75, 3.05) is 20.8 Å². The number of nitrogens with zero attached hydrogens (tertiary/aromatic N) is 2. The van der Waals surface area contributed by atoms with Crippen molar-refractivity contribution in [1.82, 2.24) is 9.88 Å². The van der Waals surface area contributed by atoms with Crippen molar-refractivity contribution < 1.29 is 14.6 Å². The number of carbonyl (C=O) groups excluding carboxylic acids is 1. The Morgan fingerprint density at radius 2 is 2.15 bits per heavy atom. The predicted octanol–water partition coefficient (Wildman–Crippen LogP) is 1.70. The van der Waals surface area contributed by atoms with E-state index in [1.54, 1.807) is 20.0 Å². The average molecular weight is 274 g/mol. The molecular weight excluding hydrogens is 256 g/mol. The number of fused-ring (bicyclic) bond motifs is 1. The zero-order chi connectivity index (χ0) is 14.7. The SMILES string of the molecule is COc1nc(C(=O)N(C)C(C)CO)cc2ccccc12. The van der Waals surface area contributed by atoms with Crippen molar-refractivity contribution >= 4 is 16.7 Å². The molecule has 0 bridgehead atoms. The number of methoxy groups -OCH3 is 1. The van der Waals surface area contributed by atoms with Gasteiger partial charge in [0, 0.05) is 12.4 Å². The Labute approximate surface area is 117 Å². The second-order valence-corrected chi connectivity index (χ2v) is 4.69. The molecule has 0 radical (unpaired) electrons. The maximum Gasteiger partial charge on any atom is 0.272 e. The molecule has 0 aliphatic rings. The lowest BCUT2D eigenvalue weighted by Gasteiger charge is -2.23. The number of ether oxygens (including phenoxy) is 1. The summed E-state index contributed by atoms with van der Waals surface area (Å²) in [5, 5.41) is 10.9. The number of aliphatic hydroxyl groups is 1. The zero-order valence-corrected chi connectivity index (χ0v) is 11.8. The van der Waals surface area contributed by atoms with E-state index >= 15 is 0 Å². The van der Waals surface area contributed by atoms with Gasteiger partial charge in [-0.15, -0.1) is 0 Å². The van der Waals surface area contributed by atoms with Gasteiger partial charge in [-0.1, -0.05) is 18.2 Å². The summed E-state index contributed by atoms with van der Waals surface area (Å²) < 4.78 is 5.25. The number of aromatic nitrogens is 1. The van der Waals surface area contributed by atoms with Crippen LogP contribution in [0.25, 0.3) is 10.8 Å².